The molecular formula is C19H36N4O5S. The van der Waals surface area contributed by atoms with Gasteiger partial charge in [0, 0.05) is 0 Å². The zero-order chi connectivity index (χ0) is 22.6. The molecule has 0 aromatic heterocycles. The van der Waals surface area contributed by atoms with Gasteiger partial charge in [-0.2, -0.15) is 11.8 Å². The third-order valence-electron chi connectivity index (χ3n) is 4.57. The minimum Gasteiger partial charge on any atom is -0.480 e. The normalized spacial score (nSPS) is 15.1. The molecular weight excluding hydrogens is 396 g/mol. The van der Waals surface area contributed by atoms with Gasteiger partial charge in [0.15, 0.2) is 0 Å². The summed E-state index contributed by atoms with van der Waals surface area (Å²) in [6.07, 6.45) is 3.21. The fourth-order valence-corrected chi connectivity index (χ4v) is 2.98. The Morgan fingerprint density at radius 3 is 2.14 bits per heavy atom. The SMILES string of the molecule is CC[C@@H](C)[C@H](N)C(=O)NCC(=O)N[C@@H](CC(C)C)C(=O)N[C@@H](CCSC)C(=O)O. The highest BCUT2D eigenvalue weighted by atomic mass is 32.2. The van der Waals surface area contributed by atoms with Crippen LogP contribution in [0.15, 0.2) is 0 Å². The summed E-state index contributed by atoms with van der Waals surface area (Å²) in [7, 11) is 0. The molecule has 0 saturated heterocycles. The molecule has 29 heavy (non-hydrogen) atoms. The van der Waals surface area contributed by atoms with Gasteiger partial charge in [0.05, 0.1) is 12.6 Å². The van der Waals surface area contributed by atoms with Crippen LogP contribution in [-0.4, -0.2) is 65.5 Å². The monoisotopic (exact) mass is 432 g/mol. The summed E-state index contributed by atoms with van der Waals surface area (Å²) in [6, 6.07) is -2.62. The molecule has 0 aliphatic carbocycles. The smallest absolute Gasteiger partial charge is 0.326 e. The van der Waals surface area contributed by atoms with E-state index >= 15 is 0 Å². The minimum atomic E-state index is -1.12. The topological polar surface area (TPSA) is 151 Å². The van der Waals surface area contributed by atoms with E-state index in [2.05, 4.69) is 16.0 Å². The van der Waals surface area contributed by atoms with Crippen molar-refractivity contribution in [3.05, 3.63) is 0 Å². The number of amides is 3. The van der Waals surface area contributed by atoms with Gasteiger partial charge in [0.2, 0.25) is 17.7 Å². The maximum atomic E-state index is 12.6. The molecule has 0 fully saturated rings. The van der Waals surface area contributed by atoms with Crippen LogP contribution in [0, 0.1) is 11.8 Å². The molecule has 0 aliphatic rings. The number of nitrogens with one attached hydrogen (secondary N) is 3. The van der Waals surface area contributed by atoms with E-state index in [9.17, 15) is 24.3 Å². The Labute approximate surface area is 177 Å². The fourth-order valence-electron chi connectivity index (χ4n) is 2.51. The summed E-state index contributed by atoms with van der Waals surface area (Å²) < 4.78 is 0. The maximum absolute atomic E-state index is 12.6. The quantitative estimate of drug-likeness (QED) is 0.265. The number of aliphatic carboxylic acids is 1. The summed E-state index contributed by atoms with van der Waals surface area (Å²) in [6.45, 7) is 7.25. The predicted octanol–water partition coefficient (Wildman–Crippen LogP) is 0.329. The zero-order valence-corrected chi connectivity index (χ0v) is 18.8. The summed E-state index contributed by atoms with van der Waals surface area (Å²) in [5.74, 6) is -1.98. The summed E-state index contributed by atoms with van der Waals surface area (Å²) >= 11 is 1.48. The van der Waals surface area contributed by atoms with E-state index in [4.69, 9.17) is 5.73 Å². The molecule has 10 heteroatoms. The average molecular weight is 433 g/mol. The van der Waals surface area contributed by atoms with E-state index in [0.717, 1.165) is 6.42 Å². The van der Waals surface area contributed by atoms with Crippen LogP contribution in [0.2, 0.25) is 0 Å². The minimum absolute atomic E-state index is 0.0215. The highest BCUT2D eigenvalue weighted by Crippen LogP contribution is 2.08. The number of thioether (sulfide) groups is 1. The second-order valence-corrected chi connectivity index (χ2v) is 8.55. The van der Waals surface area contributed by atoms with E-state index in [-0.39, 0.29) is 24.8 Å². The molecule has 0 radical (unpaired) electrons. The first kappa shape index (κ1) is 27.2. The standard InChI is InChI=1S/C19H36N4O5S/c1-6-12(4)16(20)18(26)21-10-15(24)22-14(9-11(2)3)17(25)23-13(19(27)28)7-8-29-5/h11-14,16H,6-10,20H2,1-5H3,(H,21,26)(H,22,24)(H,23,25)(H,27,28)/t12-,13+,14+,16+/m1/s1. The Bertz CT molecular complexity index is 559. The van der Waals surface area contributed by atoms with Crippen molar-refractivity contribution in [1.29, 1.82) is 0 Å². The van der Waals surface area contributed by atoms with Crippen LogP contribution in [0.4, 0.5) is 0 Å². The first-order valence-electron chi connectivity index (χ1n) is 9.88. The number of hydrogen-bond donors (Lipinski definition) is 5. The number of hydrogen-bond acceptors (Lipinski definition) is 6. The van der Waals surface area contributed by atoms with Crippen molar-refractivity contribution in [2.45, 2.75) is 65.1 Å². The summed E-state index contributed by atoms with van der Waals surface area (Å²) in [5.41, 5.74) is 5.83. The summed E-state index contributed by atoms with van der Waals surface area (Å²) in [5, 5.41) is 16.8. The number of carbonyl (C=O) groups is 4. The van der Waals surface area contributed by atoms with E-state index < -0.39 is 41.8 Å². The number of carbonyl (C=O) groups excluding carboxylic acids is 3. The van der Waals surface area contributed by atoms with Crippen LogP contribution in [-0.2, 0) is 19.2 Å². The third-order valence-corrected chi connectivity index (χ3v) is 5.21. The highest BCUT2D eigenvalue weighted by molar-refractivity contribution is 7.98. The van der Waals surface area contributed by atoms with Crippen LogP contribution in [0.3, 0.4) is 0 Å². The molecule has 0 unspecified atom stereocenters. The van der Waals surface area contributed by atoms with Crippen molar-refractivity contribution in [3.63, 3.8) is 0 Å². The van der Waals surface area contributed by atoms with Crippen LogP contribution < -0.4 is 21.7 Å². The first-order valence-corrected chi connectivity index (χ1v) is 11.3. The summed E-state index contributed by atoms with van der Waals surface area (Å²) in [4.78, 5) is 48.2. The molecule has 0 aromatic rings. The number of rotatable bonds is 14. The van der Waals surface area contributed by atoms with E-state index in [0.29, 0.717) is 12.2 Å². The third kappa shape index (κ3) is 11.1. The second-order valence-electron chi connectivity index (χ2n) is 7.56. The van der Waals surface area contributed by atoms with Gasteiger partial charge in [-0.25, -0.2) is 4.79 Å². The fraction of sp³-hybridized carbons (Fsp3) is 0.789. The first-order chi connectivity index (χ1) is 13.5. The molecule has 0 aromatic carbocycles. The molecule has 6 N–H and O–H groups in total. The van der Waals surface area contributed by atoms with Gasteiger partial charge in [0.25, 0.3) is 0 Å². The molecule has 0 rings (SSSR count). The lowest BCUT2D eigenvalue weighted by atomic mass is 9.99. The average Bonchev–Trinajstić information content (AvgIpc) is 2.66. The molecule has 9 nitrogen and oxygen atoms in total. The lowest BCUT2D eigenvalue weighted by Gasteiger charge is -2.23. The molecule has 0 saturated carbocycles. The lowest BCUT2D eigenvalue weighted by Crippen LogP contribution is -2.54. The molecule has 4 atom stereocenters. The zero-order valence-electron chi connectivity index (χ0n) is 18.0. The van der Waals surface area contributed by atoms with Gasteiger partial charge in [-0.05, 0) is 36.7 Å². The van der Waals surface area contributed by atoms with Gasteiger partial charge < -0.3 is 26.8 Å². The van der Waals surface area contributed by atoms with E-state index in [1.807, 2.05) is 34.0 Å². The van der Waals surface area contributed by atoms with Crippen molar-refractivity contribution in [2.24, 2.45) is 17.6 Å². The van der Waals surface area contributed by atoms with E-state index in [1.54, 1.807) is 0 Å². The molecule has 0 aliphatic heterocycles. The van der Waals surface area contributed by atoms with Crippen molar-refractivity contribution in [3.8, 4) is 0 Å². The number of carboxylic acids is 1. The Balaban J connectivity index is 4.88. The number of carboxylic acid groups (broad SMARTS) is 1. The van der Waals surface area contributed by atoms with Gasteiger partial charge in [-0.15, -0.1) is 0 Å². The Morgan fingerprint density at radius 1 is 1.03 bits per heavy atom. The van der Waals surface area contributed by atoms with Gasteiger partial charge in [-0.1, -0.05) is 34.1 Å². The van der Waals surface area contributed by atoms with Gasteiger partial charge >= 0.3 is 5.97 Å². The molecule has 3 amide bonds. The van der Waals surface area contributed by atoms with Crippen LogP contribution in [0.1, 0.15) is 47.0 Å². The van der Waals surface area contributed by atoms with Crippen LogP contribution in [0.5, 0.6) is 0 Å². The second kappa shape index (κ2) is 14.2. The molecule has 0 bridgehead atoms. The van der Waals surface area contributed by atoms with Gasteiger partial charge in [0.1, 0.15) is 12.1 Å². The Morgan fingerprint density at radius 2 is 1.66 bits per heavy atom. The van der Waals surface area contributed by atoms with Gasteiger partial charge in [-0.3, -0.25) is 14.4 Å². The van der Waals surface area contributed by atoms with E-state index in [1.165, 1.54) is 11.8 Å². The maximum Gasteiger partial charge on any atom is 0.326 e. The highest BCUT2D eigenvalue weighted by Gasteiger charge is 2.27. The Kier molecular flexibility index (Phi) is 13.3. The van der Waals surface area contributed by atoms with Crippen molar-refractivity contribution < 1.29 is 24.3 Å². The molecule has 0 spiro atoms. The largest absolute Gasteiger partial charge is 0.480 e. The lowest BCUT2D eigenvalue weighted by molar-refractivity contribution is -0.142. The van der Waals surface area contributed by atoms with Crippen LogP contribution >= 0.6 is 11.8 Å². The molecule has 168 valence electrons. The van der Waals surface area contributed by atoms with Crippen molar-refractivity contribution in [1.82, 2.24) is 16.0 Å². The molecule has 0 heterocycles. The van der Waals surface area contributed by atoms with Crippen molar-refractivity contribution in [2.75, 3.05) is 18.6 Å². The number of nitrogens with two attached hydrogens (primary N) is 1. The Hall–Kier alpha value is -1.81. The predicted molar refractivity (Wildman–Crippen MR) is 114 cm³/mol. The van der Waals surface area contributed by atoms with Crippen molar-refractivity contribution >= 4 is 35.5 Å². The van der Waals surface area contributed by atoms with Crippen LogP contribution in [0.25, 0.3) is 0 Å².